The Morgan fingerprint density at radius 2 is 2.13 bits per heavy atom. The summed E-state index contributed by atoms with van der Waals surface area (Å²) in [4.78, 5) is 8.84. The van der Waals surface area contributed by atoms with Crippen LogP contribution in [0.1, 0.15) is 19.0 Å². The van der Waals surface area contributed by atoms with E-state index >= 15 is 0 Å². The second-order valence-electron chi connectivity index (χ2n) is 8.32. The third-order valence-electron chi connectivity index (χ3n) is 6.04. The van der Waals surface area contributed by atoms with Crippen LogP contribution in [0.4, 0.5) is 8.78 Å². The number of phenolic OH excluding ortho intramolecular Hbond substituents is 1. The van der Waals surface area contributed by atoms with Crippen LogP contribution in [0.5, 0.6) is 5.75 Å². The molecule has 2 aliphatic heterocycles. The van der Waals surface area contributed by atoms with Crippen molar-refractivity contribution >= 4 is 5.57 Å². The minimum atomic E-state index is -1.08. The zero-order chi connectivity index (χ0) is 21.8. The van der Waals surface area contributed by atoms with Crippen molar-refractivity contribution in [3.63, 3.8) is 0 Å². The maximum absolute atomic E-state index is 14.9. The second-order valence-corrected chi connectivity index (χ2v) is 8.32. The molecule has 2 bridgehead atoms. The van der Waals surface area contributed by atoms with E-state index < -0.39 is 12.0 Å². The SMILES string of the molecule is C=C(c1cnc(-c2ccc(-n3cc(F)cn3)cc2O)cn1)[C@H]1C[C@]2(C)C=C[C@@H](N2)[C@H]1F. The molecule has 2 aromatic heterocycles. The van der Waals surface area contributed by atoms with E-state index in [2.05, 4.69) is 33.9 Å². The lowest BCUT2D eigenvalue weighted by molar-refractivity contribution is 0.146. The van der Waals surface area contributed by atoms with Crippen LogP contribution in [0.25, 0.3) is 22.5 Å². The number of aromatic nitrogens is 4. The maximum atomic E-state index is 14.9. The van der Waals surface area contributed by atoms with E-state index in [9.17, 15) is 13.9 Å². The van der Waals surface area contributed by atoms with Gasteiger partial charge in [-0.1, -0.05) is 18.7 Å². The lowest BCUT2D eigenvalue weighted by atomic mass is 9.78. The first kappa shape index (κ1) is 19.6. The van der Waals surface area contributed by atoms with E-state index in [1.807, 2.05) is 12.2 Å². The van der Waals surface area contributed by atoms with Gasteiger partial charge in [-0.05, 0) is 31.1 Å². The zero-order valence-electron chi connectivity index (χ0n) is 16.8. The molecule has 2 N–H and O–H groups in total. The van der Waals surface area contributed by atoms with Gasteiger partial charge < -0.3 is 5.11 Å². The topological polar surface area (TPSA) is 75.9 Å². The summed E-state index contributed by atoms with van der Waals surface area (Å²) in [5.74, 6) is -0.854. The van der Waals surface area contributed by atoms with Crippen LogP contribution in [0.3, 0.4) is 0 Å². The molecule has 0 unspecified atom stereocenters. The van der Waals surface area contributed by atoms with Gasteiger partial charge in [-0.25, -0.2) is 13.5 Å². The predicted octanol–water partition coefficient (Wildman–Crippen LogP) is 3.83. The van der Waals surface area contributed by atoms with Crippen molar-refractivity contribution in [2.24, 2.45) is 5.92 Å². The fraction of sp³-hybridized carbons (Fsp3) is 0.261. The van der Waals surface area contributed by atoms with Crippen molar-refractivity contribution in [1.29, 1.82) is 0 Å². The molecule has 1 fully saturated rings. The van der Waals surface area contributed by atoms with Crippen LogP contribution in [0.2, 0.25) is 0 Å². The summed E-state index contributed by atoms with van der Waals surface area (Å²) in [6.45, 7) is 6.16. The number of hydrogen-bond donors (Lipinski definition) is 2. The highest BCUT2D eigenvalue weighted by molar-refractivity contribution is 5.70. The molecule has 4 atom stereocenters. The summed E-state index contributed by atoms with van der Waals surface area (Å²) in [6.07, 6.45) is 8.83. The molecule has 5 rings (SSSR count). The molecule has 2 aliphatic rings. The summed E-state index contributed by atoms with van der Waals surface area (Å²) in [6, 6.07) is 4.52. The number of nitrogens with one attached hydrogen (secondary N) is 1. The Balaban J connectivity index is 1.37. The van der Waals surface area contributed by atoms with Gasteiger partial charge in [-0.2, -0.15) is 5.10 Å². The fourth-order valence-electron chi connectivity index (χ4n) is 4.38. The van der Waals surface area contributed by atoms with Gasteiger partial charge in [-0.3, -0.25) is 15.3 Å². The maximum Gasteiger partial charge on any atom is 0.161 e. The lowest BCUT2D eigenvalue weighted by Crippen LogP contribution is -2.54. The summed E-state index contributed by atoms with van der Waals surface area (Å²) in [5.41, 5.74) is 2.36. The molecular weight excluding hydrogens is 400 g/mol. The Hall–Kier alpha value is -3.39. The van der Waals surface area contributed by atoms with Crippen molar-refractivity contribution in [2.45, 2.75) is 31.1 Å². The van der Waals surface area contributed by atoms with Crippen LogP contribution in [0, 0.1) is 11.7 Å². The number of piperidine rings is 1. The van der Waals surface area contributed by atoms with Gasteiger partial charge in [0, 0.05) is 23.1 Å². The second kappa shape index (κ2) is 7.09. The number of allylic oxidation sites excluding steroid dienone is 1. The Morgan fingerprint density at radius 3 is 2.81 bits per heavy atom. The number of aromatic hydroxyl groups is 1. The van der Waals surface area contributed by atoms with Gasteiger partial charge in [-0.15, -0.1) is 0 Å². The number of halogens is 2. The number of fused-ring (bicyclic) bond motifs is 2. The van der Waals surface area contributed by atoms with Crippen LogP contribution < -0.4 is 5.32 Å². The molecule has 0 spiro atoms. The van der Waals surface area contributed by atoms with Gasteiger partial charge in [0.15, 0.2) is 5.82 Å². The normalized spacial score (nSPS) is 26.9. The summed E-state index contributed by atoms with van der Waals surface area (Å²) < 4.78 is 29.4. The van der Waals surface area contributed by atoms with E-state index in [-0.39, 0.29) is 23.2 Å². The first-order chi connectivity index (χ1) is 14.8. The highest BCUT2D eigenvalue weighted by atomic mass is 19.1. The van der Waals surface area contributed by atoms with Gasteiger partial charge in [0.1, 0.15) is 11.9 Å². The fourth-order valence-corrected chi connectivity index (χ4v) is 4.38. The van der Waals surface area contributed by atoms with Crippen molar-refractivity contribution in [3.05, 3.63) is 73.2 Å². The van der Waals surface area contributed by atoms with Crippen LogP contribution in [-0.2, 0) is 0 Å². The van der Waals surface area contributed by atoms with E-state index in [1.54, 1.807) is 18.3 Å². The van der Waals surface area contributed by atoms with E-state index in [4.69, 9.17) is 0 Å². The van der Waals surface area contributed by atoms with Crippen molar-refractivity contribution < 1.29 is 13.9 Å². The molecule has 3 aromatic rings. The molecular formula is C23H21F2N5O. The summed E-state index contributed by atoms with van der Waals surface area (Å²) in [5, 5.41) is 17.6. The minimum absolute atomic E-state index is 0.0352. The number of phenols is 1. The number of benzene rings is 1. The highest BCUT2D eigenvalue weighted by Gasteiger charge is 2.46. The Morgan fingerprint density at radius 1 is 1.29 bits per heavy atom. The molecule has 4 heterocycles. The van der Waals surface area contributed by atoms with Gasteiger partial charge in [0.25, 0.3) is 0 Å². The third-order valence-corrected chi connectivity index (χ3v) is 6.04. The largest absolute Gasteiger partial charge is 0.507 e. The number of alkyl halides is 1. The van der Waals surface area contributed by atoms with Crippen LogP contribution in [-0.4, -0.2) is 42.6 Å². The first-order valence-electron chi connectivity index (χ1n) is 9.99. The average molecular weight is 421 g/mol. The van der Waals surface area contributed by atoms with Gasteiger partial charge >= 0.3 is 0 Å². The predicted molar refractivity (Wildman–Crippen MR) is 113 cm³/mol. The number of rotatable bonds is 4. The molecule has 8 heteroatoms. The molecule has 0 radical (unpaired) electrons. The van der Waals surface area contributed by atoms with Crippen molar-refractivity contribution in [1.82, 2.24) is 25.1 Å². The Bertz CT molecular complexity index is 1190. The molecule has 0 saturated carbocycles. The van der Waals surface area contributed by atoms with Gasteiger partial charge in [0.05, 0.1) is 47.9 Å². The highest BCUT2D eigenvalue weighted by Crippen LogP contribution is 2.41. The smallest absolute Gasteiger partial charge is 0.161 e. The molecule has 31 heavy (non-hydrogen) atoms. The molecule has 6 nitrogen and oxygen atoms in total. The minimum Gasteiger partial charge on any atom is -0.507 e. The number of nitrogens with zero attached hydrogens (tertiary/aromatic N) is 4. The third kappa shape index (κ3) is 3.42. The van der Waals surface area contributed by atoms with Crippen molar-refractivity contribution in [3.8, 4) is 22.7 Å². The van der Waals surface area contributed by atoms with E-state index in [0.717, 1.165) is 6.20 Å². The van der Waals surface area contributed by atoms with Crippen LogP contribution in [0.15, 0.2) is 61.7 Å². The molecule has 0 amide bonds. The molecule has 1 saturated heterocycles. The molecule has 158 valence electrons. The Kier molecular flexibility index (Phi) is 4.48. The zero-order valence-corrected chi connectivity index (χ0v) is 16.8. The first-order valence-corrected chi connectivity index (χ1v) is 9.99. The molecule has 1 aromatic carbocycles. The quantitative estimate of drug-likeness (QED) is 0.626. The Labute approximate surface area is 178 Å². The average Bonchev–Trinajstić information content (AvgIpc) is 3.34. The van der Waals surface area contributed by atoms with Crippen molar-refractivity contribution in [2.75, 3.05) is 0 Å². The van der Waals surface area contributed by atoms with Gasteiger partial charge in [0.2, 0.25) is 0 Å². The molecule has 0 aliphatic carbocycles. The van der Waals surface area contributed by atoms with E-state index in [0.29, 0.717) is 34.6 Å². The summed E-state index contributed by atoms with van der Waals surface area (Å²) in [7, 11) is 0. The lowest BCUT2D eigenvalue weighted by Gasteiger charge is -2.39. The number of hydrogen-bond acceptors (Lipinski definition) is 5. The van der Waals surface area contributed by atoms with E-state index in [1.165, 1.54) is 23.1 Å². The standard InChI is InChI=1S/C23H21F2N5O/c1-13(17-8-23(2)6-5-18(29-23)22(17)25)19-10-27-20(11-26-19)16-4-3-15(7-21(16)31)30-12-14(24)9-28-30/h3-7,9-12,17-18,22,29,31H,1,8H2,2H3/t17-,18-,22+,23+/m1/s1. The summed E-state index contributed by atoms with van der Waals surface area (Å²) >= 11 is 0. The monoisotopic (exact) mass is 421 g/mol. The van der Waals surface area contributed by atoms with Crippen LogP contribution >= 0.6 is 0 Å².